The molecular weight excluding hydrogens is 320 g/mol. The van der Waals surface area contributed by atoms with E-state index in [0.717, 1.165) is 10.6 Å². The highest BCUT2D eigenvalue weighted by Crippen LogP contribution is 2.40. The first-order chi connectivity index (χ1) is 10.5. The summed E-state index contributed by atoms with van der Waals surface area (Å²) in [6, 6.07) is -0.0732. The van der Waals surface area contributed by atoms with E-state index in [1.165, 1.54) is 6.20 Å². The summed E-state index contributed by atoms with van der Waals surface area (Å²) >= 11 is 5.76. The SMILES string of the molecule is [N-]=[N+]=NC1[C@H](n2ccc(=O)nc2NO)O[C@@](CO)(CCl)[C@H]1O. The highest BCUT2D eigenvalue weighted by molar-refractivity contribution is 6.18. The first kappa shape index (κ1) is 16.5. The maximum absolute atomic E-state index is 11.2. The van der Waals surface area contributed by atoms with Crippen LogP contribution in [0.5, 0.6) is 0 Å². The Hall–Kier alpha value is -1.88. The van der Waals surface area contributed by atoms with Crippen LogP contribution in [0.25, 0.3) is 10.4 Å². The van der Waals surface area contributed by atoms with Gasteiger partial charge in [-0.1, -0.05) is 5.11 Å². The van der Waals surface area contributed by atoms with Crippen LogP contribution in [0.3, 0.4) is 0 Å². The molecule has 0 spiro atoms. The molecule has 4 N–H and O–H groups in total. The fraction of sp³-hybridized carbons (Fsp3) is 0.600. The van der Waals surface area contributed by atoms with E-state index in [-0.39, 0.29) is 11.8 Å². The lowest BCUT2D eigenvalue weighted by Crippen LogP contribution is -2.47. The number of azide groups is 1. The van der Waals surface area contributed by atoms with E-state index < -0.39 is 36.1 Å². The lowest BCUT2D eigenvalue weighted by atomic mass is 9.97. The molecule has 0 amide bonds. The number of alkyl halides is 1. The molecule has 1 aliphatic heterocycles. The zero-order valence-corrected chi connectivity index (χ0v) is 11.8. The minimum atomic E-state index is -1.55. The summed E-state index contributed by atoms with van der Waals surface area (Å²) in [5.41, 5.74) is 8.18. The van der Waals surface area contributed by atoms with Gasteiger partial charge in [-0.3, -0.25) is 14.6 Å². The van der Waals surface area contributed by atoms with Crippen LogP contribution >= 0.6 is 11.6 Å². The monoisotopic (exact) mass is 332 g/mol. The van der Waals surface area contributed by atoms with Crippen LogP contribution in [0.1, 0.15) is 6.23 Å². The van der Waals surface area contributed by atoms with Crippen molar-refractivity contribution in [1.29, 1.82) is 0 Å². The Labute approximate surface area is 128 Å². The quantitative estimate of drug-likeness (QED) is 0.187. The molecule has 0 aromatic carbocycles. The molecule has 1 aliphatic rings. The average molecular weight is 333 g/mol. The molecule has 4 atom stereocenters. The molecule has 12 heteroatoms. The molecular formula is C10H13ClN6O5. The Balaban J connectivity index is 2.53. The zero-order chi connectivity index (χ0) is 16.3. The molecule has 11 nitrogen and oxygen atoms in total. The Kier molecular flexibility index (Phi) is 4.86. The minimum absolute atomic E-state index is 0.270. The number of aliphatic hydroxyl groups is 2. The van der Waals surface area contributed by atoms with Gasteiger partial charge in [-0.25, -0.2) is 5.48 Å². The summed E-state index contributed by atoms with van der Waals surface area (Å²) < 4.78 is 6.71. The summed E-state index contributed by atoms with van der Waals surface area (Å²) in [4.78, 5) is 17.4. The largest absolute Gasteiger partial charge is 0.393 e. The van der Waals surface area contributed by atoms with Crippen molar-refractivity contribution in [3.8, 4) is 0 Å². The summed E-state index contributed by atoms with van der Waals surface area (Å²) in [7, 11) is 0. The number of halogens is 1. The van der Waals surface area contributed by atoms with Gasteiger partial charge in [0.2, 0.25) is 5.95 Å². The normalized spacial score (nSPS) is 30.8. The summed E-state index contributed by atoms with van der Waals surface area (Å²) in [6.45, 7) is -0.624. The maximum atomic E-state index is 11.2. The zero-order valence-electron chi connectivity index (χ0n) is 11.1. The van der Waals surface area contributed by atoms with Gasteiger partial charge in [0.05, 0.1) is 18.6 Å². The van der Waals surface area contributed by atoms with E-state index in [9.17, 15) is 15.0 Å². The van der Waals surface area contributed by atoms with Crippen molar-refractivity contribution < 1.29 is 20.2 Å². The molecule has 22 heavy (non-hydrogen) atoms. The van der Waals surface area contributed by atoms with Gasteiger partial charge in [-0.15, -0.1) is 11.6 Å². The Morgan fingerprint density at radius 1 is 1.68 bits per heavy atom. The highest BCUT2D eigenvalue weighted by Gasteiger charge is 2.54. The van der Waals surface area contributed by atoms with Crippen LogP contribution in [0.4, 0.5) is 5.95 Å². The standard InChI is InChI=1S/C10H13ClN6O5/c11-3-10(4-18)7(20)6(14-16-12)8(22-10)17-2-1-5(19)13-9(17)15-21/h1-2,6-8,18,20-21H,3-4H2,(H,13,15,19)/t6?,7-,8+,10+/m0/s1. The van der Waals surface area contributed by atoms with Gasteiger partial charge in [0, 0.05) is 17.2 Å². The fourth-order valence-corrected chi connectivity index (χ4v) is 2.54. The van der Waals surface area contributed by atoms with E-state index in [0.29, 0.717) is 0 Å². The molecule has 0 radical (unpaired) electrons. The molecule has 1 unspecified atom stereocenters. The first-order valence-electron chi connectivity index (χ1n) is 6.09. The van der Waals surface area contributed by atoms with Crippen molar-refractivity contribution in [1.82, 2.24) is 9.55 Å². The Morgan fingerprint density at radius 3 is 2.95 bits per heavy atom. The van der Waals surface area contributed by atoms with E-state index in [1.807, 2.05) is 0 Å². The smallest absolute Gasteiger partial charge is 0.274 e. The third-order valence-electron chi connectivity index (χ3n) is 3.40. The number of anilines is 1. The van der Waals surface area contributed by atoms with Gasteiger partial charge in [0.15, 0.2) is 0 Å². The number of aromatic nitrogens is 2. The number of nitrogens with one attached hydrogen (secondary N) is 1. The lowest BCUT2D eigenvalue weighted by molar-refractivity contribution is -0.113. The number of aliphatic hydroxyl groups excluding tert-OH is 2. The van der Waals surface area contributed by atoms with Crippen LogP contribution in [0, 0.1) is 0 Å². The van der Waals surface area contributed by atoms with E-state index >= 15 is 0 Å². The van der Waals surface area contributed by atoms with Gasteiger partial charge in [0.25, 0.3) is 5.56 Å². The summed E-state index contributed by atoms with van der Waals surface area (Å²) in [5.74, 6) is -0.556. The summed E-state index contributed by atoms with van der Waals surface area (Å²) in [6.07, 6.45) is -1.31. The van der Waals surface area contributed by atoms with Crippen LogP contribution in [-0.2, 0) is 4.74 Å². The first-order valence-corrected chi connectivity index (χ1v) is 6.62. The molecule has 0 bridgehead atoms. The third kappa shape index (κ3) is 2.61. The molecule has 2 heterocycles. The van der Waals surface area contributed by atoms with Gasteiger partial charge in [-0.2, -0.15) is 4.98 Å². The Morgan fingerprint density at radius 2 is 2.41 bits per heavy atom. The van der Waals surface area contributed by atoms with Crippen molar-refractivity contribution in [2.24, 2.45) is 5.11 Å². The maximum Gasteiger partial charge on any atom is 0.274 e. The van der Waals surface area contributed by atoms with E-state index in [2.05, 4.69) is 15.0 Å². The average Bonchev–Trinajstić information content (AvgIpc) is 2.81. The van der Waals surface area contributed by atoms with Crippen molar-refractivity contribution in [3.63, 3.8) is 0 Å². The molecule has 1 fully saturated rings. The topological polar surface area (TPSA) is 166 Å². The van der Waals surface area contributed by atoms with Gasteiger partial charge < -0.3 is 14.9 Å². The molecule has 0 saturated carbocycles. The van der Waals surface area contributed by atoms with Crippen LogP contribution in [0.15, 0.2) is 22.2 Å². The van der Waals surface area contributed by atoms with Gasteiger partial charge >= 0.3 is 0 Å². The predicted octanol–water partition coefficient (Wildman–Crippen LogP) is -0.417. The molecule has 1 saturated heterocycles. The second-order valence-corrected chi connectivity index (χ2v) is 4.88. The molecule has 0 aliphatic carbocycles. The number of hydrogen-bond donors (Lipinski definition) is 4. The fourth-order valence-electron chi connectivity index (χ4n) is 2.23. The predicted molar refractivity (Wildman–Crippen MR) is 73.5 cm³/mol. The molecule has 120 valence electrons. The second kappa shape index (κ2) is 6.48. The molecule has 1 aromatic heterocycles. The number of hydrogen-bond acceptors (Lipinski definition) is 8. The molecule has 2 rings (SSSR count). The lowest BCUT2D eigenvalue weighted by Gasteiger charge is -2.27. The van der Waals surface area contributed by atoms with Crippen molar-refractivity contribution in [3.05, 3.63) is 33.1 Å². The van der Waals surface area contributed by atoms with Gasteiger partial charge in [0.1, 0.15) is 17.9 Å². The highest BCUT2D eigenvalue weighted by atomic mass is 35.5. The minimum Gasteiger partial charge on any atom is -0.393 e. The summed E-state index contributed by atoms with van der Waals surface area (Å²) in [5, 5.41) is 32.2. The third-order valence-corrected chi connectivity index (χ3v) is 3.85. The molecule has 1 aromatic rings. The van der Waals surface area contributed by atoms with E-state index in [4.69, 9.17) is 27.1 Å². The van der Waals surface area contributed by atoms with Crippen LogP contribution < -0.4 is 11.0 Å². The van der Waals surface area contributed by atoms with Crippen LogP contribution in [0.2, 0.25) is 0 Å². The Bertz CT molecular complexity index is 643. The van der Waals surface area contributed by atoms with Crippen LogP contribution in [-0.4, -0.2) is 55.2 Å². The number of ether oxygens (including phenoxy) is 1. The van der Waals surface area contributed by atoms with Crippen molar-refractivity contribution >= 4 is 17.5 Å². The second-order valence-electron chi connectivity index (χ2n) is 4.61. The number of rotatable bonds is 5. The van der Waals surface area contributed by atoms with Crippen molar-refractivity contribution in [2.75, 3.05) is 18.0 Å². The van der Waals surface area contributed by atoms with Crippen molar-refractivity contribution in [2.45, 2.75) is 24.0 Å². The van der Waals surface area contributed by atoms with E-state index in [1.54, 1.807) is 5.48 Å². The van der Waals surface area contributed by atoms with Gasteiger partial charge in [-0.05, 0) is 5.53 Å². The number of nitrogens with zero attached hydrogens (tertiary/aromatic N) is 5.